The number of aromatic hydroxyl groups is 1. The summed E-state index contributed by atoms with van der Waals surface area (Å²) in [5.41, 5.74) is 3.17. The predicted molar refractivity (Wildman–Crippen MR) is 111 cm³/mol. The lowest BCUT2D eigenvalue weighted by Crippen LogP contribution is -2.58. The molecule has 9 nitrogen and oxygen atoms in total. The quantitative estimate of drug-likeness (QED) is 0.429. The minimum Gasteiger partial charge on any atom is -0.508 e. The Morgan fingerprint density at radius 2 is 1.84 bits per heavy atom. The first kappa shape index (κ1) is 21.8. The van der Waals surface area contributed by atoms with Gasteiger partial charge in [0.05, 0.1) is 5.56 Å². The number of aliphatic hydroxyl groups excluding tert-OH is 2. The number of nitrogens with two attached hydrogens (primary N) is 1. The summed E-state index contributed by atoms with van der Waals surface area (Å²) in [6.45, 7) is 3.12. The van der Waals surface area contributed by atoms with Gasteiger partial charge in [-0.1, -0.05) is 6.07 Å². The second-order valence-corrected chi connectivity index (χ2v) is 8.84. The zero-order chi connectivity index (χ0) is 23.7. The van der Waals surface area contributed by atoms with Crippen LogP contribution < -0.4 is 5.73 Å². The highest BCUT2D eigenvalue weighted by atomic mass is 16.3. The number of carbonyl (C=O) groups excluding carboxylic acids is 4. The number of benzene rings is 1. The number of phenolic OH excluding ortho intramolecular Hbond substituents is 1. The Balaban J connectivity index is 1.93. The Labute approximate surface area is 182 Å². The third kappa shape index (κ3) is 2.81. The summed E-state index contributed by atoms with van der Waals surface area (Å²) in [5, 5.41) is 43.6. The van der Waals surface area contributed by atoms with E-state index in [1.54, 1.807) is 13.0 Å². The topological polar surface area (TPSA) is 175 Å². The first-order valence-electron chi connectivity index (χ1n) is 10.2. The molecule has 6 N–H and O–H groups in total. The van der Waals surface area contributed by atoms with E-state index in [-0.39, 0.29) is 48.4 Å². The second kappa shape index (κ2) is 7.03. The largest absolute Gasteiger partial charge is 0.508 e. The zero-order valence-electron chi connectivity index (χ0n) is 17.6. The molecular formula is C23H23NO8. The molecule has 0 aromatic heterocycles. The van der Waals surface area contributed by atoms with Crippen molar-refractivity contribution < 1.29 is 39.6 Å². The Morgan fingerprint density at radius 1 is 1.19 bits per heavy atom. The molecule has 4 rings (SSSR count). The van der Waals surface area contributed by atoms with Crippen LogP contribution >= 0.6 is 0 Å². The average molecular weight is 441 g/mol. The number of primary amides is 1. The van der Waals surface area contributed by atoms with Crippen LogP contribution in [0.1, 0.15) is 42.0 Å². The van der Waals surface area contributed by atoms with Gasteiger partial charge in [-0.05, 0) is 43.7 Å². The van der Waals surface area contributed by atoms with Crippen molar-refractivity contribution in [1.82, 2.24) is 0 Å². The third-order valence-electron chi connectivity index (χ3n) is 6.81. The van der Waals surface area contributed by atoms with Gasteiger partial charge >= 0.3 is 0 Å². The van der Waals surface area contributed by atoms with Gasteiger partial charge in [0.15, 0.2) is 11.4 Å². The van der Waals surface area contributed by atoms with Crippen molar-refractivity contribution in [2.24, 2.45) is 17.6 Å². The lowest BCUT2D eigenvalue weighted by atomic mass is 9.59. The molecule has 1 fully saturated rings. The van der Waals surface area contributed by atoms with Crippen LogP contribution in [-0.2, 0) is 32.0 Å². The molecule has 1 aromatic rings. The fourth-order valence-corrected chi connectivity index (χ4v) is 5.35. The van der Waals surface area contributed by atoms with Crippen molar-refractivity contribution in [2.75, 3.05) is 0 Å². The van der Waals surface area contributed by atoms with Crippen LogP contribution in [0.4, 0.5) is 0 Å². The lowest BCUT2D eigenvalue weighted by molar-refractivity contribution is -0.147. The smallest absolute Gasteiger partial charge is 0.255 e. The SMILES string of the molecule is CC(=O)Cc1cc(C)c2c(c1O)C(O)=C1C(=O)C3(O)C(O)=C(C(N)=O)C(=O)CC3CC1C2. The maximum atomic E-state index is 13.4. The Morgan fingerprint density at radius 3 is 2.44 bits per heavy atom. The summed E-state index contributed by atoms with van der Waals surface area (Å²) in [4.78, 5) is 49.0. The van der Waals surface area contributed by atoms with Gasteiger partial charge in [-0.25, -0.2) is 0 Å². The number of ketones is 3. The van der Waals surface area contributed by atoms with Gasteiger partial charge in [0.2, 0.25) is 5.78 Å². The molecule has 168 valence electrons. The minimum atomic E-state index is -2.59. The van der Waals surface area contributed by atoms with Crippen LogP contribution in [-0.4, -0.2) is 49.3 Å². The average Bonchev–Trinajstić information content (AvgIpc) is 2.68. The molecule has 0 saturated heterocycles. The van der Waals surface area contributed by atoms with Crippen molar-refractivity contribution >= 4 is 29.0 Å². The minimum absolute atomic E-state index is 0.00776. The number of fused-ring (bicyclic) bond motifs is 3. The molecule has 9 heteroatoms. The summed E-state index contributed by atoms with van der Waals surface area (Å²) in [7, 11) is 0. The lowest BCUT2D eigenvalue weighted by Gasteiger charge is -2.46. The highest BCUT2D eigenvalue weighted by molar-refractivity contribution is 6.22. The fraction of sp³-hybridized carbons (Fsp3) is 0.391. The van der Waals surface area contributed by atoms with Crippen molar-refractivity contribution in [3.8, 4) is 5.75 Å². The van der Waals surface area contributed by atoms with E-state index < -0.39 is 52.0 Å². The molecule has 1 amide bonds. The Kier molecular flexibility index (Phi) is 4.78. The van der Waals surface area contributed by atoms with Crippen molar-refractivity contribution in [3.05, 3.63) is 45.2 Å². The normalized spacial score (nSPS) is 27.1. The summed E-state index contributed by atoms with van der Waals surface area (Å²) in [6, 6.07) is 1.66. The molecule has 0 radical (unpaired) electrons. The first-order chi connectivity index (χ1) is 14.9. The van der Waals surface area contributed by atoms with Crippen molar-refractivity contribution in [3.63, 3.8) is 0 Å². The van der Waals surface area contributed by atoms with Gasteiger partial charge < -0.3 is 26.2 Å². The molecule has 3 atom stereocenters. The molecule has 3 unspecified atom stereocenters. The van der Waals surface area contributed by atoms with E-state index in [1.165, 1.54) is 6.92 Å². The van der Waals surface area contributed by atoms with E-state index in [2.05, 4.69) is 0 Å². The number of hydrogen-bond acceptors (Lipinski definition) is 8. The number of phenols is 1. The van der Waals surface area contributed by atoms with Crippen LogP contribution in [0.15, 0.2) is 23.0 Å². The monoisotopic (exact) mass is 441 g/mol. The summed E-state index contributed by atoms with van der Waals surface area (Å²) < 4.78 is 0. The number of aryl methyl sites for hydroxylation is 1. The molecule has 0 aliphatic heterocycles. The molecule has 0 bridgehead atoms. The van der Waals surface area contributed by atoms with E-state index in [4.69, 9.17) is 5.73 Å². The predicted octanol–water partition coefficient (Wildman–Crippen LogP) is 0.864. The second-order valence-electron chi connectivity index (χ2n) is 8.84. The van der Waals surface area contributed by atoms with E-state index in [0.29, 0.717) is 16.7 Å². The van der Waals surface area contributed by atoms with Gasteiger partial charge in [0.25, 0.3) is 5.91 Å². The van der Waals surface area contributed by atoms with E-state index in [0.717, 1.165) is 0 Å². The highest BCUT2D eigenvalue weighted by Gasteiger charge is 2.60. The molecule has 1 saturated carbocycles. The Bertz CT molecular complexity index is 1190. The highest BCUT2D eigenvalue weighted by Crippen LogP contribution is 2.52. The molecular weight excluding hydrogens is 418 g/mol. The maximum absolute atomic E-state index is 13.4. The van der Waals surface area contributed by atoms with E-state index >= 15 is 0 Å². The maximum Gasteiger partial charge on any atom is 0.255 e. The van der Waals surface area contributed by atoms with Crippen molar-refractivity contribution in [1.29, 1.82) is 0 Å². The van der Waals surface area contributed by atoms with Crippen LogP contribution in [0.2, 0.25) is 0 Å². The third-order valence-corrected chi connectivity index (χ3v) is 6.81. The Hall–Kier alpha value is -3.46. The standard InChI is InChI=1S/C23H23NO8/c1-8-3-11(4-9(2)25)18(27)16-13(8)6-10-5-12-7-14(26)17(22(24)31)21(30)23(12,32)20(29)15(10)19(16)28/h3,10,12,27-28,30,32H,4-7H2,1-2H3,(H2,24,31). The molecule has 3 aliphatic rings. The molecule has 1 aromatic carbocycles. The van der Waals surface area contributed by atoms with Gasteiger partial charge in [0, 0.05) is 29.9 Å². The van der Waals surface area contributed by atoms with Gasteiger partial charge in [0.1, 0.15) is 28.6 Å². The first-order valence-corrected chi connectivity index (χ1v) is 10.2. The van der Waals surface area contributed by atoms with Gasteiger partial charge in [-0.3, -0.25) is 19.2 Å². The number of rotatable bonds is 3. The number of amides is 1. The fourth-order valence-electron chi connectivity index (χ4n) is 5.35. The summed E-state index contributed by atoms with van der Waals surface area (Å²) >= 11 is 0. The zero-order valence-corrected chi connectivity index (χ0v) is 17.6. The van der Waals surface area contributed by atoms with Crippen LogP contribution in [0.5, 0.6) is 5.75 Å². The molecule has 3 aliphatic carbocycles. The molecule has 32 heavy (non-hydrogen) atoms. The molecule has 0 heterocycles. The van der Waals surface area contributed by atoms with Crippen LogP contribution in [0.25, 0.3) is 5.76 Å². The number of aliphatic hydroxyl groups is 3. The number of carbonyl (C=O) groups is 4. The van der Waals surface area contributed by atoms with Crippen molar-refractivity contribution in [2.45, 2.75) is 45.1 Å². The summed E-state index contributed by atoms with van der Waals surface area (Å²) in [5.74, 6) is -6.82. The van der Waals surface area contributed by atoms with Gasteiger partial charge in [-0.2, -0.15) is 0 Å². The van der Waals surface area contributed by atoms with E-state index in [9.17, 15) is 39.6 Å². The van der Waals surface area contributed by atoms with Gasteiger partial charge in [-0.15, -0.1) is 0 Å². The van der Waals surface area contributed by atoms with Crippen LogP contribution in [0.3, 0.4) is 0 Å². The van der Waals surface area contributed by atoms with E-state index in [1.807, 2.05) is 0 Å². The van der Waals surface area contributed by atoms with Crippen LogP contribution in [0, 0.1) is 18.8 Å². The number of hydrogen-bond donors (Lipinski definition) is 5. The summed E-state index contributed by atoms with van der Waals surface area (Å²) in [6.07, 6.45) is -0.101. The molecule has 0 spiro atoms. The number of Topliss-reactive ketones (excluding diaryl/α,β-unsaturated/α-hetero) is 3.